The molecule has 0 aromatic carbocycles. The molecule has 0 radical (unpaired) electrons. The van der Waals surface area contributed by atoms with Crippen molar-refractivity contribution in [3.8, 4) is 0 Å². The molecule has 0 saturated heterocycles. The summed E-state index contributed by atoms with van der Waals surface area (Å²) >= 11 is 0. The third kappa shape index (κ3) is 8.24. The third-order valence-corrected chi connectivity index (χ3v) is 5.49. The highest BCUT2D eigenvalue weighted by molar-refractivity contribution is 4.82. The van der Waals surface area contributed by atoms with Gasteiger partial charge in [-0.3, -0.25) is 0 Å². The molecule has 126 valence electrons. The Balaban J connectivity index is 2.25. The van der Waals surface area contributed by atoms with E-state index < -0.39 is 0 Å². The number of hydrogen-bond acceptors (Lipinski definition) is 0. The van der Waals surface area contributed by atoms with Gasteiger partial charge < -0.3 is 4.48 Å². The number of rotatable bonds is 9. The van der Waals surface area contributed by atoms with Gasteiger partial charge in [0.2, 0.25) is 0 Å². The van der Waals surface area contributed by atoms with E-state index in [0.717, 1.165) is 11.8 Å². The summed E-state index contributed by atoms with van der Waals surface area (Å²) in [6, 6.07) is 0. The summed E-state index contributed by atoms with van der Waals surface area (Å²) in [4.78, 5) is 0. The number of nitrogens with zero attached hydrogens (tertiary/aromatic N) is 1. The molecule has 0 aliphatic heterocycles. The lowest BCUT2D eigenvalue weighted by Crippen LogP contribution is -2.42. The zero-order chi connectivity index (χ0) is 15.9. The molecule has 0 heterocycles. The van der Waals surface area contributed by atoms with Crippen molar-refractivity contribution in [2.45, 2.75) is 85.5 Å². The van der Waals surface area contributed by atoms with Crippen LogP contribution in [0.5, 0.6) is 0 Å². The normalized spacial score (nSPS) is 26.0. The van der Waals surface area contributed by atoms with Crippen molar-refractivity contribution >= 4 is 0 Å². The minimum atomic E-state index is 0.583. The van der Waals surface area contributed by atoms with Crippen molar-refractivity contribution < 1.29 is 4.48 Å². The lowest BCUT2D eigenvalue weighted by molar-refractivity contribution is -0.891. The Kier molecular flexibility index (Phi) is 7.74. The summed E-state index contributed by atoms with van der Waals surface area (Å²) < 4.78 is 1.23. The van der Waals surface area contributed by atoms with Gasteiger partial charge in [0.1, 0.15) is 0 Å². The predicted molar refractivity (Wildman–Crippen MR) is 95.5 cm³/mol. The largest absolute Gasteiger partial charge is 0.328 e. The van der Waals surface area contributed by atoms with Crippen LogP contribution in [0.3, 0.4) is 0 Å². The second kappa shape index (κ2) is 8.56. The number of hydrogen-bond donors (Lipinski definition) is 0. The monoisotopic (exact) mass is 296 g/mol. The molecule has 1 aliphatic carbocycles. The van der Waals surface area contributed by atoms with Gasteiger partial charge in [-0.05, 0) is 55.8 Å². The quantitative estimate of drug-likeness (QED) is 0.368. The second-order valence-corrected chi connectivity index (χ2v) is 9.37. The first-order valence-electron chi connectivity index (χ1n) is 9.56. The zero-order valence-electron chi connectivity index (χ0n) is 15.9. The van der Waals surface area contributed by atoms with Crippen molar-refractivity contribution in [1.29, 1.82) is 0 Å². The fourth-order valence-corrected chi connectivity index (χ4v) is 4.55. The molecule has 1 aliphatic rings. The predicted octanol–water partition coefficient (Wildman–Crippen LogP) is 5.89. The van der Waals surface area contributed by atoms with Gasteiger partial charge >= 0.3 is 0 Å². The molecule has 0 bridgehead atoms. The lowest BCUT2D eigenvalue weighted by atomic mass is 9.67. The van der Waals surface area contributed by atoms with E-state index in [-0.39, 0.29) is 0 Å². The van der Waals surface area contributed by atoms with Crippen LogP contribution in [0.15, 0.2) is 0 Å². The first-order valence-corrected chi connectivity index (χ1v) is 9.56. The van der Waals surface area contributed by atoms with Crippen molar-refractivity contribution in [3.05, 3.63) is 0 Å². The van der Waals surface area contributed by atoms with E-state index in [0.29, 0.717) is 5.41 Å². The number of quaternary nitrogens is 1. The molecule has 1 fully saturated rings. The maximum Gasteiger partial charge on any atom is 0.0785 e. The second-order valence-electron chi connectivity index (χ2n) is 9.37. The van der Waals surface area contributed by atoms with Gasteiger partial charge in [0.25, 0.3) is 0 Å². The summed E-state index contributed by atoms with van der Waals surface area (Å²) in [6.07, 6.45) is 12.9. The highest BCUT2D eigenvalue weighted by Crippen LogP contribution is 2.42. The lowest BCUT2D eigenvalue weighted by Gasteiger charge is -2.40. The summed E-state index contributed by atoms with van der Waals surface area (Å²) in [5.74, 6) is 1.91. The standard InChI is InChI=1S/C20H42N/c1-7-8-9-10-11-13-21(5,6)14-12-19-15-18(2)16-20(3,4)17-19/h18-19H,7-17H2,1-6H3/q+1. The molecule has 2 unspecified atom stereocenters. The molecule has 1 saturated carbocycles. The van der Waals surface area contributed by atoms with Crippen molar-refractivity contribution in [1.82, 2.24) is 0 Å². The Morgan fingerprint density at radius 2 is 1.62 bits per heavy atom. The summed E-state index contributed by atoms with van der Waals surface area (Å²) in [5.41, 5.74) is 0.583. The molecule has 0 N–H and O–H groups in total. The highest BCUT2D eigenvalue weighted by Gasteiger charge is 2.32. The van der Waals surface area contributed by atoms with Crippen LogP contribution in [0.2, 0.25) is 0 Å². The molecule has 0 aromatic heterocycles. The zero-order valence-corrected chi connectivity index (χ0v) is 15.9. The summed E-state index contributed by atoms with van der Waals surface area (Å²) in [6.45, 7) is 12.5. The first-order chi connectivity index (χ1) is 9.74. The fraction of sp³-hybridized carbons (Fsp3) is 1.00. The Labute approximate surface area is 135 Å². The van der Waals surface area contributed by atoms with Gasteiger partial charge in [-0.25, -0.2) is 0 Å². The van der Waals surface area contributed by atoms with Crippen LogP contribution in [0.1, 0.15) is 85.5 Å². The summed E-state index contributed by atoms with van der Waals surface area (Å²) in [5, 5.41) is 0. The highest BCUT2D eigenvalue weighted by atomic mass is 15.3. The van der Waals surface area contributed by atoms with Gasteiger partial charge in [-0.15, -0.1) is 0 Å². The van der Waals surface area contributed by atoms with Gasteiger partial charge in [0.05, 0.1) is 27.2 Å². The van der Waals surface area contributed by atoms with E-state index in [2.05, 4.69) is 41.8 Å². The van der Waals surface area contributed by atoms with Crippen LogP contribution in [0, 0.1) is 17.3 Å². The molecule has 0 aromatic rings. The maximum atomic E-state index is 2.48. The van der Waals surface area contributed by atoms with Gasteiger partial charge in [0, 0.05) is 0 Å². The van der Waals surface area contributed by atoms with Gasteiger partial charge in [-0.2, -0.15) is 0 Å². The molecule has 0 spiro atoms. The van der Waals surface area contributed by atoms with Crippen molar-refractivity contribution in [2.24, 2.45) is 17.3 Å². The minimum absolute atomic E-state index is 0.583. The molecule has 1 rings (SSSR count). The van der Waals surface area contributed by atoms with Crippen LogP contribution in [-0.4, -0.2) is 31.7 Å². The van der Waals surface area contributed by atoms with E-state index >= 15 is 0 Å². The Morgan fingerprint density at radius 3 is 2.24 bits per heavy atom. The fourth-order valence-electron chi connectivity index (χ4n) is 4.55. The van der Waals surface area contributed by atoms with Gasteiger partial charge in [-0.1, -0.05) is 47.0 Å². The van der Waals surface area contributed by atoms with E-state index in [9.17, 15) is 0 Å². The average molecular weight is 297 g/mol. The molecule has 0 amide bonds. The van der Waals surface area contributed by atoms with Crippen molar-refractivity contribution in [2.75, 3.05) is 27.2 Å². The molecule has 2 atom stereocenters. The molecule has 1 nitrogen and oxygen atoms in total. The third-order valence-electron chi connectivity index (χ3n) is 5.49. The van der Waals surface area contributed by atoms with Crippen LogP contribution in [0.4, 0.5) is 0 Å². The Morgan fingerprint density at radius 1 is 0.952 bits per heavy atom. The first kappa shape index (κ1) is 19.0. The van der Waals surface area contributed by atoms with Gasteiger partial charge in [0.15, 0.2) is 0 Å². The molecular weight excluding hydrogens is 254 g/mol. The smallest absolute Gasteiger partial charge is 0.0785 e. The molecular formula is C20H42N+. The van der Waals surface area contributed by atoms with E-state index in [1.807, 2.05) is 0 Å². The maximum absolute atomic E-state index is 2.48. The topological polar surface area (TPSA) is 0 Å². The van der Waals surface area contributed by atoms with Crippen molar-refractivity contribution in [3.63, 3.8) is 0 Å². The molecule has 1 heteroatoms. The Hall–Kier alpha value is -0.0400. The molecule has 21 heavy (non-hydrogen) atoms. The van der Waals surface area contributed by atoms with Crippen LogP contribution < -0.4 is 0 Å². The van der Waals surface area contributed by atoms with E-state index in [4.69, 9.17) is 0 Å². The van der Waals surface area contributed by atoms with E-state index in [1.54, 1.807) is 0 Å². The van der Waals surface area contributed by atoms with Crippen LogP contribution in [-0.2, 0) is 0 Å². The van der Waals surface area contributed by atoms with Crippen LogP contribution >= 0.6 is 0 Å². The Bertz CT molecular complexity index is 280. The minimum Gasteiger partial charge on any atom is -0.328 e. The summed E-state index contributed by atoms with van der Waals surface area (Å²) in [7, 11) is 4.88. The van der Waals surface area contributed by atoms with Crippen LogP contribution in [0.25, 0.3) is 0 Å². The number of unbranched alkanes of at least 4 members (excludes halogenated alkanes) is 4. The van der Waals surface area contributed by atoms with E-state index in [1.165, 1.54) is 75.4 Å². The average Bonchev–Trinajstić information content (AvgIpc) is 2.34. The SMILES string of the molecule is CCCCCCC[N+](C)(C)CCC1CC(C)CC(C)(C)C1.